The fourth-order valence-electron chi connectivity index (χ4n) is 3.13. The first-order chi connectivity index (χ1) is 10.3. The van der Waals surface area contributed by atoms with Crippen LogP contribution in [0.2, 0.25) is 0 Å². The number of carbonyl (C=O) groups is 1. The fraction of sp³-hybridized carbons (Fsp3) is 0.353. The Morgan fingerprint density at radius 3 is 2.57 bits per heavy atom. The van der Waals surface area contributed by atoms with Crippen LogP contribution in [0.5, 0.6) is 0 Å². The molecular weight excluding hydrogens is 280 g/mol. The van der Waals surface area contributed by atoms with E-state index in [1.807, 2.05) is 30.3 Å². The second-order valence-electron chi connectivity index (χ2n) is 5.67. The topological polar surface area (TPSA) is 41.1 Å². The number of para-hydroxylation sites is 1. The first-order valence-electron chi connectivity index (χ1n) is 7.41. The number of rotatable bonds is 4. The molecule has 1 aliphatic carbocycles. The highest BCUT2D eigenvalue weighted by Gasteiger charge is 2.36. The number of benzene rings is 1. The first-order valence-corrected chi connectivity index (χ1v) is 8.35. The van der Waals surface area contributed by atoms with Crippen molar-refractivity contribution in [3.8, 4) is 0 Å². The number of nitrogens with one attached hydrogen (secondary N) is 2. The van der Waals surface area contributed by atoms with E-state index in [1.54, 1.807) is 11.3 Å². The lowest BCUT2D eigenvalue weighted by atomic mass is 9.80. The van der Waals surface area contributed by atoms with Crippen LogP contribution in [0.25, 0.3) is 0 Å². The van der Waals surface area contributed by atoms with Crippen LogP contribution in [0, 0.1) is 0 Å². The molecule has 0 bridgehead atoms. The van der Waals surface area contributed by atoms with E-state index < -0.39 is 0 Å². The van der Waals surface area contributed by atoms with Gasteiger partial charge in [-0.05, 0) is 47.4 Å². The Morgan fingerprint density at radius 2 is 1.90 bits per heavy atom. The molecule has 1 aliphatic rings. The first kappa shape index (κ1) is 14.1. The van der Waals surface area contributed by atoms with Gasteiger partial charge in [-0.1, -0.05) is 31.0 Å². The lowest BCUT2D eigenvalue weighted by Gasteiger charge is -2.28. The van der Waals surface area contributed by atoms with Gasteiger partial charge < -0.3 is 10.6 Å². The molecule has 1 aromatic carbocycles. The number of urea groups is 1. The van der Waals surface area contributed by atoms with Crippen molar-refractivity contribution >= 4 is 23.1 Å². The van der Waals surface area contributed by atoms with Crippen molar-refractivity contribution in [1.82, 2.24) is 5.32 Å². The maximum absolute atomic E-state index is 12.1. The average Bonchev–Trinajstić information content (AvgIpc) is 3.18. The summed E-state index contributed by atoms with van der Waals surface area (Å²) in [5.74, 6) is 0. The molecule has 2 aromatic rings. The maximum Gasteiger partial charge on any atom is 0.319 e. The predicted molar refractivity (Wildman–Crippen MR) is 87.9 cm³/mol. The minimum Gasteiger partial charge on any atom is -0.337 e. The van der Waals surface area contributed by atoms with Crippen LogP contribution in [-0.4, -0.2) is 12.6 Å². The summed E-state index contributed by atoms with van der Waals surface area (Å²) in [7, 11) is 0. The third-order valence-corrected chi connectivity index (χ3v) is 5.00. The molecule has 110 valence electrons. The van der Waals surface area contributed by atoms with E-state index in [4.69, 9.17) is 0 Å². The van der Waals surface area contributed by atoms with Crippen LogP contribution in [0.3, 0.4) is 0 Å². The average molecular weight is 300 g/mol. The maximum atomic E-state index is 12.1. The molecule has 3 rings (SSSR count). The van der Waals surface area contributed by atoms with Crippen LogP contribution >= 0.6 is 11.3 Å². The molecule has 0 spiro atoms. The highest BCUT2D eigenvalue weighted by Crippen LogP contribution is 2.41. The SMILES string of the molecule is O=C(NCC1(c2ccsc2)CCCC1)Nc1ccccc1. The molecule has 0 saturated heterocycles. The number of carbonyl (C=O) groups excluding carboxylic acids is 1. The van der Waals surface area contributed by atoms with E-state index in [0.717, 1.165) is 18.5 Å². The van der Waals surface area contributed by atoms with Gasteiger partial charge in [0, 0.05) is 17.6 Å². The molecule has 0 atom stereocenters. The van der Waals surface area contributed by atoms with Crippen molar-refractivity contribution in [1.29, 1.82) is 0 Å². The molecule has 4 heteroatoms. The Bertz CT molecular complexity index is 574. The molecule has 1 fully saturated rings. The van der Waals surface area contributed by atoms with Crippen LogP contribution in [0.15, 0.2) is 47.2 Å². The van der Waals surface area contributed by atoms with Crippen molar-refractivity contribution in [2.75, 3.05) is 11.9 Å². The molecule has 0 unspecified atom stereocenters. The predicted octanol–water partition coefficient (Wildman–Crippen LogP) is 4.38. The summed E-state index contributed by atoms with van der Waals surface area (Å²) >= 11 is 1.73. The summed E-state index contributed by atoms with van der Waals surface area (Å²) in [6.07, 6.45) is 4.82. The molecule has 0 radical (unpaired) electrons. The summed E-state index contributed by atoms with van der Waals surface area (Å²) in [4.78, 5) is 12.1. The Kier molecular flexibility index (Phi) is 4.25. The number of thiophene rings is 1. The van der Waals surface area contributed by atoms with Gasteiger partial charge in [0.2, 0.25) is 0 Å². The van der Waals surface area contributed by atoms with Crippen molar-refractivity contribution in [3.63, 3.8) is 0 Å². The van der Waals surface area contributed by atoms with Gasteiger partial charge in [-0.25, -0.2) is 4.79 Å². The molecule has 1 heterocycles. The van der Waals surface area contributed by atoms with E-state index >= 15 is 0 Å². The second kappa shape index (κ2) is 6.31. The zero-order valence-corrected chi connectivity index (χ0v) is 12.8. The second-order valence-corrected chi connectivity index (χ2v) is 6.45. The minimum absolute atomic E-state index is 0.122. The van der Waals surface area contributed by atoms with Gasteiger partial charge in [-0.15, -0.1) is 0 Å². The third-order valence-electron chi connectivity index (χ3n) is 4.31. The standard InChI is InChI=1S/C17H20N2OS/c20-16(19-15-6-2-1-3-7-15)18-13-17(9-4-5-10-17)14-8-11-21-12-14/h1-3,6-8,11-12H,4-5,9-10,13H2,(H2,18,19,20). The van der Waals surface area contributed by atoms with Crippen molar-refractivity contribution in [3.05, 3.63) is 52.7 Å². The molecule has 0 aliphatic heterocycles. The Hall–Kier alpha value is -1.81. The summed E-state index contributed by atoms with van der Waals surface area (Å²) in [5, 5.41) is 10.3. The molecule has 21 heavy (non-hydrogen) atoms. The number of anilines is 1. The fourth-order valence-corrected chi connectivity index (χ4v) is 3.91. The smallest absolute Gasteiger partial charge is 0.319 e. The largest absolute Gasteiger partial charge is 0.337 e. The van der Waals surface area contributed by atoms with Crippen molar-refractivity contribution in [2.24, 2.45) is 0 Å². The molecular formula is C17H20N2OS. The summed E-state index contributed by atoms with van der Waals surface area (Å²) < 4.78 is 0. The van der Waals surface area contributed by atoms with Crippen LogP contribution in [-0.2, 0) is 5.41 Å². The van der Waals surface area contributed by atoms with Crippen LogP contribution in [0.1, 0.15) is 31.2 Å². The summed E-state index contributed by atoms with van der Waals surface area (Å²) in [5.41, 5.74) is 2.34. The van der Waals surface area contributed by atoms with Gasteiger partial charge in [-0.2, -0.15) is 11.3 Å². The third kappa shape index (κ3) is 3.27. The van der Waals surface area contributed by atoms with Gasteiger partial charge in [-0.3, -0.25) is 0 Å². The number of amides is 2. The van der Waals surface area contributed by atoms with Gasteiger partial charge in [0.25, 0.3) is 0 Å². The monoisotopic (exact) mass is 300 g/mol. The zero-order chi connectivity index (χ0) is 14.5. The molecule has 2 amide bonds. The zero-order valence-electron chi connectivity index (χ0n) is 12.0. The van der Waals surface area contributed by atoms with Crippen LogP contribution < -0.4 is 10.6 Å². The van der Waals surface area contributed by atoms with Gasteiger partial charge in [0.1, 0.15) is 0 Å². The minimum atomic E-state index is -0.122. The van der Waals surface area contributed by atoms with E-state index in [0.29, 0.717) is 6.54 Å². The summed E-state index contributed by atoms with van der Waals surface area (Å²) in [6, 6.07) is 11.6. The normalized spacial score (nSPS) is 16.6. The lowest BCUT2D eigenvalue weighted by molar-refractivity contribution is 0.248. The molecule has 1 saturated carbocycles. The van der Waals surface area contributed by atoms with Gasteiger partial charge >= 0.3 is 6.03 Å². The van der Waals surface area contributed by atoms with E-state index in [1.165, 1.54) is 18.4 Å². The number of hydrogen-bond donors (Lipinski definition) is 2. The van der Waals surface area contributed by atoms with Crippen molar-refractivity contribution < 1.29 is 4.79 Å². The lowest BCUT2D eigenvalue weighted by Crippen LogP contribution is -2.40. The van der Waals surface area contributed by atoms with E-state index in [9.17, 15) is 4.79 Å². The van der Waals surface area contributed by atoms with E-state index in [2.05, 4.69) is 27.5 Å². The van der Waals surface area contributed by atoms with E-state index in [-0.39, 0.29) is 11.4 Å². The highest BCUT2D eigenvalue weighted by atomic mass is 32.1. The Labute approximate surface area is 129 Å². The van der Waals surface area contributed by atoms with Crippen LogP contribution in [0.4, 0.5) is 10.5 Å². The summed E-state index contributed by atoms with van der Waals surface area (Å²) in [6.45, 7) is 0.711. The Balaban J connectivity index is 1.61. The number of hydrogen-bond acceptors (Lipinski definition) is 2. The highest BCUT2D eigenvalue weighted by molar-refractivity contribution is 7.08. The Morgan fingerprint density at radius 1 is 1.14 bits per heavy atom. The van der Waals surface area contributed by atoms with Gasteiger partial charge in [0.15, 0.2) is 0 Å². The molecule has 1 aromatic heterocycles. The molecule has 2 N–H and O–H groups in total. The van der Waals surface area contributed by atoms with Gasteiger partial charge in [0.05, 0.1) is 0 Å². The molecule has 3 nitrogen and oxygen atoms in total. The van der Waals surface area contributed by atoms with Crippen molar-refractivity contribution in [2.45, 2.75) is 31.1 Å². The quantitative estimate of drug-likeness (QED) is 0.864.